The SMILES string of the molecule is CCCCCC(OC(=O)CCCc1ccc(N(CCCl)CCCl)cc1)c1cc(O)c2c(c1O)C(=O)c1ccccc1C2=O. The van der Waals surface area contributed by atoms with Crippen molar-refractivity contribution in [3.63, 3.8) is 0 Å². The van der Waals surface area contributed by atoms with Crippen LogP contribution in [0.3, 0.4) is 0 Å². The van der Waals surface area contributed by atoms with Crippen LogP contribution in [0, 0.1) is 0 Å². The molecule has 228 valence electrons. The number of hydrogen-bond donors (Lipinski definition) is 2. The van der Waals surface area contributed by atoms with Crippen LogP contribution in [-0.4, -0.2) is 52.6 Å². The largest absolute Gasteiger partial charge is 0.507 e. The van der Waals surface area contributed by atoms with Crippen molar-refractivity contribution < 1.29 is 29.3 Å². The Morgan fingerprint density at radius 3 is 2.12 bits per heavy atom. The average molecular weight is 627 g/mol. The molecule has 3 aromatic carbocycles. The van der Waals surface area contributed by atoms with E-state index in [1.165, 1.54) is 18.2 Å². The number of phenols is 2. The van der Waals surface area contributed by atoms with Crippen LogP contribution in [0.2, 0.25) is 0 Å². The number of anilines is 1. The molecule has 0 saturated heterocycles. The number of carbonyl (C=O) groups is 3. The summed E-state index contributed by atoms with van der Waals surface area (Å²) >= 11 is 11.8. The number of phenolic OH excluding ortho intramolecular Hbond substituents is 2. The van der Waals surface area contributed by atoms with Gasteiger partial charge in [0.2, 0.25) is 0 Å². The number of nitrogens with zero attached hydrogens (tertiary/aromatic N) is 1. The van der Waals surface area contributed by atoms with Gasteiger partial charge in [-0.25, -0.2) is 0 Å². The number of hydrogen-bond acceptors (Lipinski definition) is 7. The fraction of sp³-hybridized carbons (Fsp3) is 0.382. The van der Waals surface area contributed by atoms with Crippen molar-refractivity contribution in [1.82, 2.24) is 0 Å². The normalized spacial score (nSPS) is 12.9. The minimum atomic E-state index is -0.885. The zero-order chi connectivity index (χ0) is 30.9. The monoisotopic (exact) mass is 625 g/mol. The van der Waals surface area contributed by atoms with Gasteiger partial charge >= 0.3 is 5.97 Å². The van der Waals surface area contributed by atoms with E-state index in [0.717, 1.165) is 24.1 Å². The Bertz CT molecular complexity index is 1450. The zero-order valence-electron chi connectivity index (χ0n) is 24.3. The third-order valence-corrected chi connectivity index (χ3v) is 8.06. The number of fused-ring (bicyclic) bond motifs is 2. The predicted octanol–water partition coefficient (Wildman–Crippen LogP) is 7.34. The molecule has 0 fully saturated rings. The minimum Gasteiger partial charge on any atom is -0.507 e. The lowest BCUT2D eigenvalue weighted by atomic mass is 9.81. The van der Waals surface area contributed by atoms with E-state index in [1.54, 1.807) is 12.1 Å². The lowest BCUT2D eigenvalue weighted by Gasteiger charge is -2.24. The summed E-state index contributed by atoms with van der Waals surface area (Å²) in [6.07, 6.45) is 3.40. The number of rotatable bonds is 15. The highest BCUT2D eigenvalue weighted by molar-refractivity contribution is 6.30. The molecule has 3 aromatic rings. The number of benzene rings is 3. The first-order valence-corrected chi connectivity index (χ1v) is 15.8. The van der Waals surface area contributed by atoms with E-state index in [1.807, 2.05) is 31.2 Å². The third-order valence-electron chi connectivity index (χ3n) is 7.73. The molecule has 43 heavy (non-hydrogen) atoms. The molecule has 0 aromatic heterocycles. The predicted molar refractivity (Wildman–Crippen MR) is 169 cm³/mol. The second kappa shape index (κ2) is 15.3. The molecule has 2 N–H and O–H groups in total. The summed E-state index contributed by atoms with van der Waals surface area (Å²) < 4.78 is 5.85. The Morgan fingerprint density at radius 2 is 1.51 bits per heavy atom. The summed E-state index contributed by atoms with van der Waals surface area (Å²) in [6, 6.07) is 15.6. The van der Waals surface area contributed by atoms with Crippen molar-refractivity contribution in [3.05, 3.63) is 88.0 Å². The molecule has 0 spiro atoms. The molecule has 0 saturated carbocycles. The van der Waals surface area contributed by atoms with E-state index < -0.39 is 35.1 Å². The van der Waals surface area contributed by atoms with Crippen LogP contribution in [0.1, 0.15) is 94.5 Å². The Kier molecular flexibility index (Phi) is 11.5. The number of aromatic hydroxyl groups is 2. The van der Waals surface area contributed by atoms with Gasteiger partial charge in [-0.15, -0.1) is 23.2 Å². The first-order chi connectivity index (χ1) is 20.8. The molecule has 0 aliphatic heterocycles. The number of ether oxygens (including phenoxy) is 1. The standard InChI is InChI=1S/C34H37Cl2NO6/c1-2-3-4-11-28(43-29(39)12-7-8-22-13-15-23(16-14-22)37(19-17-35)20-18-36)26-21-27(38)30-31(34(26)42)33(41)25-10-6-5-9-24(25)32(30)40/h5-6,9-10,13-16,21,28,38,42H,2-4,7-8,11-12,17-20H2,1H3. The highest BCUT2D eigenvalue weighted by Gasteiger charge is 2.37. The Hall–Kier alpha value is -3.55. The summed E-state index contributed by atoms with van der Waals surface area (Å²) in [5.74, 6) is -1.39. The van der Waals surface area contributed by atoms with Gasteiger partial charge in [0, 0.05) is 53.6 Å². The van der Waals surface area contributed by atoms with Gasteiger partial charge in [0.1, 0.15) is 17.6 Å². The molecule has 7 nitrogen and oxygen atoms in total. The first-order valence-electron chi connectivity index (χ1n) is 14.7. The number of alkyl halides is 2. The highest BCUT2D eigenvalue weighted by atomic mass is 35.5. The van der Waals surface area contributed by atoms with Crippen molar-refractivity contribution in [2.24, 2.45) is 0 Å². The van der Waals surface area contributed by atoms with Gasteiger partial charge < -0.3 is 19.8 Å². The molecule has 0 heterocycles. The molecule has 1 unspecified atom stereocenters. The number of aryl methyl sites for hydroxylation is 1. The van der Waals surface area contributed by atoms with Gasteiger partial charge in [0.05, 0.1) is 11.1 Å². The van der Waals surface area contributed by atoms with Gasteiger partial charge in [-0.05, 0) is 49.4 Å². The van der Waals surface area contributed by atoms with E-state index in [4.69, 9.17) is 27.9 Å². The fourth-order valence-corrected chi connectivity index (χ4v) is 5.89. The van der Waals surface area contributed by atoms with Crippen LogP contribution in [0.4, 0.5) is 5.69 Å². The lowest BCUT2D eigenvalue weighted by Crippen LogP contribution is -2.27. The maximum Gasteiger partial charge on any atom is 0.306 e. The smallest absolute Gasteiger partial charge is 0.306 e. The van der Waals surface area contributed by atoms with Crippen LogP contribution >= 0.6 is 23.2 Å². The molecule has 0 amide bonds. The number of carbonyl (C=O) groups excluding carboxylic acids is 3. The quantitative estimate of drug-likeness (QED) is 0.0616. The number of esters is 1. The second-order valence-corrected chi connectivity index (χ2v) is 11.4. The topological polar surface area (TPSA) is 104 Å². The Morgan fingerprint density at radius 1 is 0.884 bits per heavy atom. The zero-order valence-corrected chi connectivity index (χ0v) is 25.8. The summed E-state index contributed by atoms with van der Waals surface area (Å²) in [7, 11) is 0. The van der Waals surface area contributed by atoms with Crippen LogP contribution < -0.4 is 4.90 Å². The third kappa shape index (κ3) is 7.51. The Labute approximate surface area is 262 Å². The summed E-state index contributed by atoms with van der Waals surface area (Å²) in [6.45, 7) is 3.45. The van der Waals surface area contributed by atoms with Crippen LogP contribution in [0.5, 0.6) is 11.5 Å². The lowest BCUT2D eigenvalue weighted by molar-refractivity contribution is -0.150. The fourth-order valence-electron chi connectivity index (χ4n) is 5.48. The van der Waals surface area contributed by atoms with Crippen molar-refractivity contribution in [2.75, 3.05) is 29.7 Å². The molecule has 0 bridgehead atoms. The van der Waals surface area contributed by atoms with E-state index in [-0.39, 0.29) is 34.2 Å². The summed E-state index contributed by atoms with van der Waals surface area (Å²) in [5.41, 5.74) is 2.08. The van der Waals surface area contributed by atoms with E-state index in [0.29, 0.717) is 50.5 Å². The van der Waals surface area contributed by atoms with Gasteiger partial charge in [0.15, 0.2) is 11.6 Å². The minimum absolute atomic E-state index is 0.121. The molecular formula is C34H37Cl2NO6. The average Bonchev–Trinajstić information content (AvgIpc) is 3.00. The second-order valence-electron chi connectivity index (χ2n) is 10.6. The number of unbranched alkanes of at least 4 members (excludes halogenated alkanes) is 2. The van der Waals surface area contributed by atoms with Gasteiger partial charge in [-0.3, -0.25) is 14.4 Å². The van der Waals surface area contributed by atoms with Gasteiger partial charge in [-0.2, -0.15) is 0 Å². The van der Waals surface area contributed by atoms with E-state index in [9.17, 15) is 24.6 Å². The Balaban J connectivity index is 1.47. The molecule has 4 rings (SSSR count). The van der Waals surface area contributed by atoms with E-state index >= 15 is 0 Å². The number of halogens is 2. The van der Waals surface area contributed by atoms with Crippen molar-refractivity contribution in [1.29, 1.82) is 0 Å². The highest BCUT2D eigenvalue weighted by Crippen LogP contribution is 2.43. The van der Waals surface area contributed by atoms with Crippen molar-refractivity contribution in [3.8, 4) is 11.5 Å². The molecule has 0 radical (unpaired) electrons. The van der Waals surface area contributed by atoms with Crippen LogP contribution in [0.25, 0.3) is 0 Å². The van der Waals surface area contributed by atoms with E-state index in [2.05, 4.69) is 4.90 Å². The van der Waals surface area contributed by atoms with Crippen LogP contribution in [0.15, 0.2) is 54.6 Å². The van der Waals surface area contributed by atoms with Crippen molar-refractivity contribution >= 4 is 46.4 Å². The first kappa shape index (κ1) is 32.4. The molecule has 9 heteroatoms. The summed E-state index contributed by atoms with van der Waals surface area (Å²) in [4.78, 5) is 41.6. The maximum atomic E-state index is 13.3. The molecule has 1 atom stereocenters. The molecule has 1 aliphatic rings. The maximum absolute atomic E-state index is 13.3. The molecular weight excluding hydrogens is 589 g/mol. The van der Waals surface area contributed by atoms with Crippen molar-refractivity contribution in [2.45, 2.75) is 58.0 Å². The number of ketones is 2. The summed E-state index contributed by atoms with van der Waals surface area (Å²) in [5, 5.41) is 22.1. The molecule has 1 aliphatic carbocycles. The van der Waals surface area contributed by atoms with Gasteiger partial charge in [0.25, 0.3) is 0 Å². The van der Waals surface area contributed by atoms with Crippen LogP contribution in [-0.2, 0) is 16.0 Å². The van der Waals surface area contributed by atoms with Gasteiger partial charge in [-0.1, -0.05) is 56.2 Å².